The number of nitrogen functional groups attached to an aromatic ring is 1. The molecule has 0 aliphatic carbocycles. The predicted molar refractivity (Wildman–Crippen MR) is 62.5 cm³/mol. The fraction of sp³-hybridized carbons (Fsp3) is 0.182. The van der Waals surface area contributed by atoms with Gasteiger partial charge in [-0.3, -0.25) is 4.98 Å². The molecule has 82 valence electrons. The van der Waals surface area contributed by atoms with Crippen molar-refractivity contribution in [3.63, 3.8) is 0 Å². The highest BCUT2D eigenvalue weighted by atomic mass is 15.3. The Labute approximate surface area is 93.7 Å². The number of nitrogens with one attached hydrogen (secondary N) is 1. The number of anilines is 1. The summed E-state index contributed by atoms with van der Waals surface area (Å²) < 4.78 is 0. The van der Waals surface area contributed by atoms with Crippen LogP contribution in [0.4, 0.5) is 5.82 Å². The molecule has 0 fully saturated rings. The van der Waals surface area contributed by atoms with Crippen LogP contribution in [0.25, 0.3) is 11.4 Å². The maximum absolute atomic E-state index is 5.30. The molecule has 0 saturated carbocycles. The van der Waals surface area contributed by atoms with E-state index in [-0.39, 0.29) is 0 Å². The third-order valence-corrected chi connectivity index (χ3v) is 2.14. The van der Waals surface area contributed by atoms with Crippen LogP contribution < -0.4 is 11.3 Å². The van der Waals surface area contributed by atoms with Gasteiger partial charge in [-0.2, -0.15) is 0 Å². The zero-order valence-corrected chi connectivity index (χ0v) is 9.23. The van der Waals surface area contributed by atoms with Crippen molar-refractivity contribution in [1.29, 1.82) is 0 Å². The molecule has 0 spiro atoms. The normalized spacial score (nSPS) is 10.2. The van der Waals surface area contributed by atoms with Crippen LogP contribution in [-0.4, -0.2) is 15.0 Å². The van der Waals surface area contributed by atoms with Crippen molar-refractivity contribution in [3.8, 4) is 11.4 Å². The smallest absolute Gasteiger partial charge is 0.161 e. The van der Waals surface area contributed by atoms with Crippen LogP contribution in [0.3, 0.4) is 0 Å². The second kappa shape index (κ2) is 4.24. The summed E-state index contributed by atoms with van der Waals surface area (Å²) in [4.78, 5) is 12.8. The van der Waals surface area contributed by atoms with E-state index in [1.165, 1.54) is 0 Å². The minimum Gasteiger partial charge on any atom is -0.308 e. The summed E-state index contributed by atoms with van der Waals surface area (Å²) in [6, 6.07) is 5.61. The summed E-state index contributed by atoms with van der Waals surface area (Å²) in [6.07, 6.45) is 1.67. The minimum atomic E-state index is 0.595. The van der Waals surface area contributed by atoms with Gasteiger partial charge in [0.1, 0.15) is 5.82 Å². The van der Waals surface area contributed by atoms with Crippen molar-refractivity contribution in [2.24, 2.45) is 5.84 Å². The number of aryl methyl sites for hydroxylation is 2. The highest BCUT2D eigenvalue weighted by Gasteiger charge is 2.04. The first-order valence-corrected chi connectivity index (χ1v) is 4.94. The van der Waals surface area contributed by atoms with Crippen LogP contribution in [0.15, 0.2) is 24.4 Å². The van der Waals surface area contributed by atoms with Gasteiger partial charge >= 0.3 is 0 Å². The van der Waals surface area contributed by atoms with Gasteiger partial charge in [0.25, 0.3) is 0 Å². The number of hydrazine groups is 1. The van der Waals surface area contributed by atoms with Crippen molar-refractivity contribution in [1.82, 2.24) is 15.0 Å². The lowest BCUT2D eigenvalue weighted by atomic mass is 10.2. The van der Waals surface area contributed by atoms with Gasteiger partial charge in [-0.05, 0) is 26.0 Å². The van der Waals surface area contributed by atoms with Gasteiger partial charge < -0.3 is 5.43 Å². The maximum atomic E-state index is 5.30. The van der Waals surface area contributed by atoms with E-state index in [1.807, 2.05) is 26.0 Å². The maximum Gasteiger partial charge on any atom is 0.161 e. The number of rotatable bonds is 2. The molecule has 2 aromatic heterocycles. The van der Waals surface area contributed by atoms with E-state index in [2.05, 4.69) is 20.4 Å². The monoisotopic (exact) mass is 215 g/mol. The lowest BCUT2D eigenvalue weighted by molar-refractivity contribution is 1.10. The van der Waals surface area contributed by atoms with E-state index in [9.17, 15) is 0 Å². The molecule has 2 aromatic rings. The molecule has 3 N–H and O–H groups in total. The van der Waals surface area contributed by atoms with Gasteiger partial charge in [-0.15, -0.1) is 0 Å². The number of nitrogens with zero attached hydrogens (tertiary/aromatic N) is 3. The number of hydrogen-bond donors (Lipinski definition) is 2. The molecule has 0 saturated heterocycles. The Kier molecular flexibility index (Phi) is 2.78. The number of pyridine rings is 1. The zero-order chi connectivity index (χ0) is 11.5. The summed E-state index contributed by atoms with van der Waals surface area (Å²) in [6.45, 7) is 3.89. The molecule has 0 aliphatic heterocycles. The van der Waals surface area contributed by atoms with Gasteiger partial charge in [-0.1, -0.05) is 0 Å². The lowest BCUT2D eigenvalue weighted by Gasteiger charge is -2.04. The largest absolute Gasteiger partial charge is 0.308 e. The predicted octanol–water partition coefficient (Wildman–Crippen LogP) is 1.44. The van der Waals surface area contributed by atoms with E-state index in [0.29, 0.717) is 11.6 Å². The van der Waals surface area contributed by atoms with E-state index in [1.54, 1.807) is 12.3 Å². The van der Waals surface area contributed by atoms with Crippen molar-refractivity contribution in [2.75, 3.05) is 5.43 Å². The Balaban J connectivity index is 2.49. The molecule has 0 bridgehead atoms. The van der Waals surface area contributed by atoms with Gasteiger partial charge in [0.05, 0.1) is 0 Å². The van der Waals surface area contributed by atoms with Crippen molar-refractivity contribution >= 4 is 5.82 Å². The van der Waals surface area contributed by atoms with Gasteiger partial charge in [0.15, 0.2) is 5.82 Å². The van der Waals surface area contributed by atoms with Crippen LogP contribution in [0.5, 0.6) is 0 Å². The standard InChI is InChI=1S/C11H13N5/c1-7-5-9(6-8(2)14-7)11-13-4-3-10(15-11)16-12/h3-6H,12H2,1-2H3,(H,13,15,16). The molecule has 0 radical (unpaired) electrons. The van der Waals surface area contributed by atoms with Gasteiger partial charge in [-0.25, -0.2) is 15.8 Å². The van der Waals surface area contributed by atoms with E-state index in [0.717, 1.165) is 17.0 Å². The Morgan fingerprint density at radius 2 is 1.81 bits per heavy atom. The molecule has 0 aromatic carbocycles. The SMILES string of the molecule is Cc1cc(-c2nccc(NN)n2)cc(C)n1. The molecule has 5 nitrogen and oxygen atoms in total. The summed E-state index contributed by atoms with van der Waals surface area (Å²) in [7, 11) is 0. The lowest BCUT2D eigenvalue weighted by Crippen LogP contribution is -2.09. The first kappa shape index (κ1) is 10.5. The highest BCUT2D eigenvalue weighted by Crippen LogP contribution is 2.17. The quantitative estimate of drug-likeness (QED) is 0.585. The Morgan fingerprint density at radius 3 is 2.44 bits per heavy atom. The van der Waals surface area contributed by atoms with E-state index < -0.39 is 0 Å². The summed E-state index contributed by atoms with van der Waals surface area (Å²) >= 11 is 0. The fourth-order valence-corrected chi connectivity index (χ4v) is 1.54. The highest BCUT2D eigenvalue weighted by molar-refractivity contribution is 5.57. The summed E-state index contributed by atoms with van der Waals surface area (Å²) in [5.74, 6) is 6.54. The molecule has 0 amide bonds. The molecular formula is C11H13N5. The van der Waals surface area contributed by atoms with Crippen molar-refractivity contribution < 1.29 is 0 Å². The Bertz CT molecular complexity index is 489. The average molecular weight is 215 g/mol. The first-order valence-electron chi connectivity index (χ1n) is 4.94. The molecule has 2 rings (SSSR count). The summed E-state index contributed by atoms with van der Waals surface area (Å²) in [5.41, 5.74) is 5.34. The molecule has 5 heteroatoms. The Hall–Kier alpha value is -2.01. The second-order valence-corrected chi connectivity index (χ2v) is 3.55. The van der Waals surface area contributed by atoms with Gasteiger partial charge in [0, 0.05) is 29.2 Å². The first-order chi connectivity index (χ1) is 7.69. The van der Waals surface area contributed by atoms with Gasteiger partial charge in [0.2, 0.25) is 0 Å². The molecular weight excluding hydrogens is 202 g/mol. The minimum absolute atomic E-state index is 0.595. The fourth-order valence-electron chi connectivity index (χ4n) is 1.54. The van der Waals surface area contributed by atoms with Crippen molar-refractivity contribution in [2.45, 2.75) is 13.8 Å². The Morgan fingerprint density at radius 1 is 1.12 bits per heavy atom. The molecule has 16 heavy (non-hydrogen) atoms. The molecule has 0 unspecified atom stereocenters. The van der Waals surface area contributed by atoms with E-state index >= 15 is 0 Å². The molecule has 0 atom stereocenters. The third-order valence-electron chi connectivity index (χ3n) is 2.14. The summed E-state index contributed by atoms with van der Waals surface area (Å²) in [5, 5.41) is 0. The topological polar surface area (TPSA) is 76.7 Å². The number of nitrogens with two attached hydrogens (primary N) is 1. The van der Waals surface area contributed by atoms with Crippen LogP contribution in [-0.2, 0) is 0 Å². The van der Waals surface area contributed by atoms with Crippen LogP contribution in [0.2, 0.25) is 0 Å². The second-order valence-electron chi connectivity index (χ2n) is 3.55. The van der Waals surface area contributed by atoms with Crippen LogP contribution in [0.1, 0.15) is 11.4 Å². The zero-order valence-electron chi connectivity index (χ0n) is 9.23. The third kappa shape index (κ3) is 2.14. The number of hydrogen-bond acceptors (Lipinski definition) is 5. The van der Waals surface area contributed by atoms with E-state index in [4.69, 9.17) is 5.84 Å². The molecule has 2 heterocycles. The van der Waals surface area contributed by atoms with Crippen LogP contribution >= 0.6 is 0 Å². The average Bonchev–Trinajstić information content (AvgIpc) is 2.28. The van der Waals surface area contributed by atoms with Crippen LogP contribution in [0, 0.1) is 13.8 Å². The number of aromatic nitrogens is 3. The van der Waals surface area contributed by atoms with Crippen molar-refractivity contribution in [3.05, 3.63) is 35.8 Å². The molecule has 0 aliphatic rings.